The van der Waals surface area contributed by atoms with Crippen LogP contribution >= 0.6 is 11.6 Å². The van der Waals surface area contributed by atoms with E-state index in [2.05, 4.69) is 5.32 Å². The lowest BCUT2D eigenvalue weighted by Gasteiger charge is -2.21. The Morgan fingerprint density at radius 1 is 1.35 bits per heavy atom. The summed E-state index contributed by atoms with van der Waals surface area (Å²) in [7, 11) is 0. The highest BCUT2D eigenvalue weighted by molar-refractivity contribution is 6.30. The predicted octanol–water partition coefficient (Wildman–Crippen LogP) is 1.02. The van der Waals surface area contributed by atoms with Crippen LogP contribution in [0.3, 0.4) is 0 Å². The second kappa shape index (κ2) is 6.83. The third kappa shape index (κ3) is 3.79. The number of benzene rings is 1. The van der Waals surface area contributed by atoms with Gasteiger partial charge in [-0.1, -0.05) is 11.6 Å². The minimum Gasteiger partial charge on any atom is -0.329 e. The molecule has 1 aliphatic heterocycles. The van der Waals surface area contributed by atoms with Crippen LogP contribution in [0.2, 0.25) is 5.02 Å². The summed E-state index contributed by atoms with van der Waals surface area (Å²) in [6, 6.07) is 6.65. The van der Waals surface area contributed by atoms with Crippen LogP contribution in [0.15, 0.2) is 24.3 Å². The van der Waals surface area contributed by atoms with E-state index >= 15 is 0 Å². The van der Waals surface area contributed by atoms with Gasteiger partial charge in [-0.3, -0.25) is 19.8 Å². The van der Waals surface area contributed by atoms with Crippen molar-refractivity contribution < 1.29 is 9.59 Å². The number of nitrogens with two attached hydrogens (primary N) is 1. The number of hydrogen-bond acceptors (Lipinski definition) is 4. The fourth-order valence-corrected chi connectivity index (χ4v) is 2.52. The van der Waals surface area contributed by atoms with Gasteiger partial charge in [-0.05, 0) is 43.7 Å². The van der Waals surface area contributed by atoms with E-state index in [0.29, 0.717) is 17.1 Å². The van der Waals surface area contributed by atoms with Crippen molar-refractivity contribution in [3.8, 4) is 0 Å². The molecular formula is C14H18ClN3O2. The van der Waals surface area contributed by atoms with Crippen LogP contribution in [0.5, 0.6) is 0 Å². The molecule has 1 aromatic rings. The maximum Gasteiger partial charge on any atom is 0.257 e. The van der Waals surface area contributed by atoms with Gasteiger partial charge in [0.25, 0.3) is 5.91 Å². The Kier molecular flexibility index (Phi) is 5.11. The zero-order chi connectivity index (χ0) is 14.5. The molecular weight excluding hydrogens is 278 g/mol. The topological polar surface area (TPSA) is 75.4 Å². The van der Waals surface area contributed by atoms with E-state index in [0.717, 1.165) is 19.4 Å². The van der Waals surface area contributed by atoms with Crippen molar-refractivity contribution in [2.75, 3.05) is 19.6 Å². The van der Waals surface area contributed by atoms with Gasteiger partial charge >= 0.3 is 0 Å². The number of carbonyl (C=O) groups is 2. The van der Waals surface area contributed by atoms with Crippen LogP contribution in [0.1, 0.15) is 23.2 Å². The first-order valence-electron chi connectivity index (χ1n) is 6.64. The molecule has 1 unspecified atom stereocenters. The Hall–Kier alpha value is -1.43. The van der Waals surface area contributed by atoms with Crippen LogP contribution in [0, 0.1) is 0 Å². The highest BCUT2D eigenvalue weighted by Gasteiger charge is 2.25. The summed E-state index contributed by atoms with van der Waals surface area (Å²) in [5.41, 5.74) is 6.07. The number of halogens is 1. The van der Waals surface area contributed by atoms with Crippen molar-refractivity contribution in [2.24, 2.45) is 5.73 Å². The molecule has 2 rings (SSSR count). The van der Waals surface area contributed by atoms with E-state index in [1.54, 1.807) is 24.3 Å². The van der Waals surface area contributed by atoms with Crippen LogP contribution in [0.25, 0.3) is 0 Å². The van der Waals surface area contributed by atoms with Crippen LogP contribution in [-0.2, 0) is 4.79 Å². The Morgan fingerprint density at radius 3 is 2.70 bits per heavy atom. The molecule has 1 atom stereocenters. The average Bonchev–Trinajstić information content (AvgIpc) is 2.86. The van der Waals surface area contributed by atoms with Gasteiger partial charge in [0, 0.05) is 23.2 Å². The summed E-state index contributed by atoms with van der Waals surface area (Å²) in [5, 5.41) is 2.94. The van der Waals surface area contributed by atoms with E-state index in [4.69, 9.17) is 17.3 Å². The number of rotatable bonds is 4. The molecule has 6 heteroatoms. The molecule has 1 aliphatic rings. The smallest absolute Gasteiger partial charge is 0.257 e. The molecule has 0 spiro atoms. The molecule has 3 N–H and O–H groups in total. The first-order chi connectivity index (χ1) is 9.60. The quantitative estimate of drug-likeness (QED) is 0.869. The second-order valence-electron chi connectivity index (χ2n) is 4.89. The van der Waals surface area contributed by atoms with Gasteiger partial charge in [0.05, 0.1) is 6.54 Å². The largest absolute Gasteiger partial charge is 0.329 e. The maximum absolute atomic E-state index is 11.9. The molecule has 0 bridgehead atoms. The maximum atomic E-state index is 11.9. The molecule has 108 valence electrons. The summed E-state index contributed by atoms with van der Waals surface area (Å²) in [6.45, 7) is 1.60. The van der Waals surface area contributed by atoms with Gasteiger partial charge in [-0.25, -0.2) is 0 Å². The van der Waals surface area contributed by atoms with Gasteiger partial charge in [-0.2, -0.15) is 0 Å². The highest BCUT2D eigenvalue weighted by Crippen LogP contribution is 2.15. The number of nitrogens with zero attached hydrogens (tertiary/aromatic N) is 1. The summed E-state index contributed by atoms with van der Waals surface area (Å²) < 4.78 is 0. The van der Waals surface area contributed by atoms with Crippen molar-refractivity contribution in [3.05, 3.63) is 34.9 Å². The first kappa shape index (κ1) is 15.0. The van der Waals surface area contributed by atoms with Gasteiger partial charge in [0.15, 0.2) is 0 Å². The van der Waals surface area contributed by atoms with E-state index in [1.165, 1.54) is 0 Å². The third-order valence-corrected chi connectivity index (χ3v) is 3.73. The minimum atomic E-state index is -0.407. The molecule has 20 heavy (non-hydrogen) atoms. The van der Waals surface area contributed by atoms with Crippen molar-refractivity contribution in [2.45, 2.75) is 18.9 Å². The molecule has 0 aromatic heterocycles. The fraction of sp³-hybridized carbons (Fsp3) is 0.429. The molecule has 0 saturated carbocycles. The number of amides is 2. The van der Waals surface area contributed by atoms with Crippen molar-refractivity contribution in [3.63, 3.8) is 0 Å². The summed E-state index contributed by atoms with van der Waals surface area (Å²) in [6.07, 6.45) is 2.05. The van der Waals surface area contributed by atoms with E-state index in [-0.39, 0.29) is 18.5 Å². The monoisotopic (exact) mass is 295 g/mol. The molecule has 1 fully saturated rings. The SMILES string of the molecule is NCC1CCCN1CC(=O)NC(=O)c1ccc(Cl)cc1. The van der Waals surface area contributed by atoms with Crippen molar-refractivity contribution in [1.82, 2.24) is 10.2 Å². The van der Waals surface area contributed by atoms with E-state index < -0.39 is 5.91 Å². The summed E-state index contributed by atoms with van der Waals surface area (Å²) in [5.74, 6) is -0.708. The molecule has 0 radical (unpaired) electrons. The zero-order valence-corrected chi connectivity index (χ0v) is 11.9. The average molecular weight is 296 g/mol. The lowest BCUT2D eigenvalue weighted by molar-refractivity contribution is -0.121. The lowest BCUT2D eigenvalue weighted by atomic mass is 10.2. The lowest BCUT2D eigenvalue weighted by Crippen LogP contribution is -2.44. The van der Waals surface area contributed by atoms with Crippen LogP contribution < -0.4 is 11.1 Å². The van der Waals surface area contributed by atoms with Gasteiger partial charge in [-0.15, -0.1) is 0 Å². The molecule has 0 aliphatic carbocycles. The van der Waals surface area contributed by atoms with Gasteiger partial charge in [0.1, 0.15) is 0 Å². The number of carbonyl (C=O) groups excluding carboxylic acids is 2. The third-order valence-electron chi connectivity index (χ3n) is 3.48. The van der Waals surface area contributed by atoms with Gasteiger partial charge in [0.2, 0.25) is 5.91 Å². The Labute approximate surface area is 123 Å². The first-order valence-corrected chi connectivity index (χ1v) is 7.02. The predicted molar refractivity (Wildman–Crippen MR) is 77.6 cm³/mol. The Morgan fingerprint density at radius 2 is 2.05 bits per heavy atom. The van der Waals surface area contributed by atoms with Crippen LogP contribution in [-0.4, -0.2) is 42.4 Å². The molecule has 5 nitrogen and oxygen atoms in total. The van der Waals surface area contributed by atoms with Crippen LogP contribution in [0.4, 0.5) is 0 Å². The Bertz CT molecular complexity index is 490. The molecule has 1 saturated heterocycles. The van der Waals surface area contributed by atoms with Crippen molar-refractivity contribution >= 4 is 23.4 Å². The van der Waals surface area contributed by atoms with E-state index in [9.17, 15) is 9.59 Å². The summed E-state index contributed by atoms with van der Waals surface area (Å²) in [4.78, 5) is 25.8. The highest BCUT2D eigenvalue weighted by atomic mass is 35.5. The fourth-order valence-electron chi connectivity index (χ4n) is 2.39. The Balaban J connectivity index is 1.88. The zero-order valence-electron chi connectivity index (χ0n) is 11.1. The number of likely N-dealkylation sites (tertiary alicyclic amines) is 1. The number of imide groups is 1. The standard InChI is InChI=1S/C14H18ClN3O2/c15-11-5-3-10(4-6-11)14(20)17-13(19)9-18-7-1-2-12(18)8-16/h3-6,12H,1-2,7-9,16H2,(H,17,19,20). The normalized spacial score (nSPS) is 19.0. The molecule has 2 amide bonds. The van der Waals surface area contributed by atoms with Gasteiger partial charge < -0.3 is 5.73 Å². The minimum absolute atomic E-state index is 0.210. The number of nitrogens with one attached hydrogen (secondary N) is 1. The summed E-state index contributed by atoms with van der Waals surface area (Å²) >= 11 is 5.75. The molecule has 1 aromatic carbocycles. The van der Waals surface area contributed by atoms with E-state index in [1.807, 2.05) is 4.90 Å². The van der Waals surface area contributed by atoms with Crippen molar-refractivity contribution in [1.29, 1.82) is 0 Å². The second-order valence-corrected chi connectivity index (χ2v) is 5.32. The number of hydrogen-bond donors (Lipinski definition) is 2. The molecule has 1 heterocycles.